The van der Waals surface area contributed by atoms with Gasteiger partial charge < -0.3 is 15.2 Å². The highest BCUT2D eigenvalue weighted by Crippen LogP contribution is 2.35. The number of hydrogen-bond acceptors (Lipinski definition) is 4. The Kier molecular flexibility index (Phi) is 5.66. The maximum absolute atomic E-state index is 12.9. The van der Waals surface area contributed by atoms with Crippen LogP contribution in [0.1, 0.15) is 35.8 Å². The molecule has 0 bridgehead atoms. The minimum absolute atomic E-state index is 0.0374. The summed E-state index contributed by atoms with van der Waals surface area (Å²) in [5.74, 6) is 0.0374. The largest absolute Gasteiger partial charge is 0.388 e. The van der Waals surface area contributed by atoms with E-state index in [2.05, 4.69) is 5.32 Å². The Balaban J connectivity index is 1.64. The van der Waals surface area contributed by atoms with Crippen LogP contribution in [-0.2, 0) is 14.9 Å². The number of aliphatic hydroxyl groups excluding tert-OH is 1. The summed E-state index contributed by atoms with van der Waals surface area (Å²) in [5, 5.41) is 15.1. The van der Waals surface area contributed by atoms with E-state index < -0.39 is 11.5 Å². The highest BCUT2D eigenvalue weighted by molar-refractivity contribution is 7.10. The molecule has 1 aliphatic rings. The zero-order valence-electron chi connectivity index (χ0n) is 13.6. The Hall–Kier alpha value is -1.69. The smallest absolute Gasteiger partial charge is 0.230 e. The molecule has 5 heteroatoms. The minimum Gasteiger partial charge on any atom is -0.388 e. The Labute approximate surface area is 146 Å². The predicted octanol–water partition coefficient (Wildman–Crippen LogP) is 3.04. The molecule has 24 heavy (non-hydrogen) atoms. The number of aliphatic hydroxyl groups is 1. The van der Waals surface area contributed by atoms with Gasteiger partial charge in [0.05, 0.1) is 11.5 Å². The van der Waals surface area contributed by atoms with E-state index in [0.29, 0.717) is 39.0 Å². The summed E-state index contributed by atoms with van der Waals surface area (Å²) in [7, 11) is 0. The van der Waals surface area contributed by atoms with E-state index in [1.54, 1.807) is 0 Å². The third-order valence-electron chi connectivity index (χ3n) is 4.68. The van der Waals surface area contributed by atoms with Crippen molar-refractivity contribution < 1.29 is 14.6 Å². The summed E-state index contributed by atoms with van der Waals surface area (Å²) in [4.78, 5) is 13.9. The van der Waals surface area contributed by atoms with Gasteiger partial charge in [0.1, 0.15) is 0 Å². The third kappa shape index (κ3) is 3.69. The van der Waals surface area contributed by atoms with E-state index in [1.165, 1.54) is 11.3 Å². The summed E-state index contributed by atoms with van der Waals surface area (Å²) >= 11 is 1.53. The van der Waals surface area contributed by atoms with Crippen molar-refractivity contribution in [3.05, 3.63) is 58.3 Å². The van der Waals surface area contributed by atoms with Crippen molar-refractivity contribution in [1.29, 1.82) is 0 Å². The van der Waals surface area contributed by atoms with Crippen LogP contribution in [0, 0.1) is 0 Å². The van der Waals surface area contributed by atoms with E-state index >= 15 is 0 Å². The lowest BCUT2D eigenvalue weighted by Crippen LogP contribution is -2.48. The van der Waals surface area contributed by atoms with Gasteiger partial charge in [-0.05, 0) is 36.3 Å². The average Bonchev–Trinajstić information content (AvgIpc) is 3.17. The molecule has 1 atom stereocenters. The number of amides is 1. The molecule has 0 aliphatic carbocycles. The Morgan fingerprint density at radius 1 is 1.21 bits per heavy atom. The number of carbonyl (C=O) groups excluding carboxylic acids is 1. The van der Waals surface area contributed by atoms with Crippen molar-refractivity contribution in [2.45, 2.75) is 30.8 Å². The molecule has 1 unspecified atom stereocenters. The zero-order valence-corrected chi connectivity index (χ0v) is 14.4. The topological polar surface area (TPSA) is 58.6 Å². The summed E-state index contributed by atoms with van der Waals surface area (Å²) in [6.45, 7) is 1.66. The van der Waals surface area contributed by atoms with E-state index in [1.807, 2.05) is 47.8 Å². The maximum atomic E-state index is 12.9. The lowest BCUT2D eigenvalue weighted by atomic mass is 9.73. The monoisotopic (exact) mass is 345 g/mol. The number of thiophene rings is 1. The summed E-state index contributed by atoms with van der Waals surface area (Å²) in [6, 6.07) is 13.8. The number of benzene rings is 1. The number of nitrogens with one attached hydrogen (secondary N) is 1. The van der Waals surface area contributed by atoms with Crippen LogP contribution in [0.5, 0.6) is 0 Å². The van der Waals surface area contributed by atoms with Gasteiger partial charge in [-0.1, -0.05) is 36.4 Å². The highest BCUT2D eigenvalue weighted by atomic mass is 32.1. The SMILES string of the molecule is O=C(NCCC(O)c1cccs1)C1(c2ccccc2)CCOCC1. The maximum Gasteiger partial charge on any atom is 0.230 e. The van der Waals surface area contributed by atoms with Gasteiger partial charge in [0.2, 0.25) is 5.91 Å². The molecule has 1 fully saturated rings. The number of ether oxygens (including phenoxy) is 1. The second-order valence-electron chi connectivity index (χ2n) is 6.14. The number of hydrogen-bond donors (Lipinski definition) is 2. The van der Waals surface area contributed by atoms with Gasteiger partial charge in [-0.3, -0.25) is 4.79 Å². The van der Waals surface area contributed by atoms with Crippen LogP contribution >= 0.6 is 11.3 Å². The van der Waals surface area contributed by atoms with Crippen molar-refractivity contribution in [2.75, 3.05) is 19.8 Å². The molecule has 1 aromatic heterocycles. The van der Waals surface area contributed by atoms with Gasteiger partial charge in [-0.15, -0.1) is 11.3 Å². The molecule has 3 rings (SSSR count). The van der Waals surface area contributed by atoms with Crippen LogP contribution < -0.4 is 5.32 Å². The van der Waals surface area contributed by atoms with Crippen LogP contribution in [0.2, 0.25) is 0 Å². The van der Waals surface area contributed by atoms with Crippen molar-refractivity contribution >= 4 is 17.2 Å². The van der Waals surface area contributed by atoms with Crippen LogP contribution in [0.15, 0.2) is 47.8 Å². The Morgan fingerprint density at radius 3 is 2.62 bits per heavy atom. The van der Waals surface area contributed by atoms with E-state index in [4.69, 9.17) is 4.74 Å². The fourth-order valence-corrected chi connectivity index (χ4v) is 3.98. The Morgan fingerprint density at radius 2 is 1.96 bits per heavy atom. The normalized spacial score (nSPS) is 18.0. The first-order valence-corrected chi connectivity index (χ1v) is 9.23. The third-order valence-corrected chi connectivity index (χ3v) is 5.66. The second-order valence-corrected chi connectivity index (χ2v) is 7.12. The predicted molar refractivity (Wildman–Crippen MR) is 95.1 cm³/mol. The molecule has 0 saturated carbocycles. The molecule has 2 aromatic rings. The van der Waals surface area contributed by atoms with Crippen molar-refractivity contribution in [1.82, 2.24) is 5.32 Å². The van der Waals surface area contributed by atoms with Crippen LogP contribution in [0.25, 0.3) is 0 Å². The van der Waals surface area contributed by atoms with Crippen molar-refractivity contribution in [2.24, 2.45) is 0 Å². The van der Waals surface area contributed by atoms with Crippen LogP contribution in [-0.4, -0.2) is 30.8 Å². The standard InChI is InChI=1S/C19H23NO3S/c21-16(17-7-4-14-24-17)8-11-20-18(22)19(9-12-23-13-10-19)15-5-2-1-3-6-15/h1-7,14,16,21H,8-13H2,(H,20,22). The van der Waals surface area contributed by atoms with Crippen molar-refractivity contribution in [3.63, 3.8) is 0 Å². The molecule has 2 N–H and O–H groups in total. The lowest BCUT2D eigenvalue weighted by molar-refractivity contribution is -0.130. The summed E-state index contributed by atoms with van der Waals surface area (Å²) in [5.41, 5.74) is 0.525. The number of carbonyl (C=O) groups is 1. The molecule has 1 aliphatic heterocycles. The molecule has 128 valence electrons. The fourth-order valence-electron chi connectivity index (χ4n) is 3.24. The average molecular weight is 345 g/mol. The molecule has 1 amide bonds. The molecule has 1 aromatic carbocycles. The Bertz CT molecular complexity index is 636. The second kappa shape index (κ2) is 7.92. The first-order valence-electron chi connectivity index (χ1n) is 8.35. The first-order chi connectivity index (χ1) is 11.7. The molecular formula is C19H23NO3S. The van der Waals surface area contributed by atoms with Gasteiger partial charge in [0, 0.05) is 24.6 Å². The highest BCUT2D eigenvalue weighted by Gasteiger charge is 2.41. The lowest BCUT2D eigenvalue weighted by Gasteiger charge is -2.36. The van der Waals surface area contributed by atoms with Crippen LogP contribution in [0.4, 0.5) is 0 Å². The molecule has 0 spiro atoms. The van der Waals surface area contributed by atoms with Gasteiger partial charge in [0.25, 0.3) is 0 Å². The van der Waals surface area contributed by atoms with E-state index in [-0.39, 0.29) is 5.91 Å². The summed E-state index contributed by atoms with van der Waals surface area (Å²) in [6.07, 6.45) is 1.38. The molecular weight excluding hydrogens is 322 g/mol. The summed E-state index contributed by atoms with van der Waals surface area (Å²) < 4.78 is 5.47. The molecule has 2 heterocycles. The van der Waals surface area contributed by atoms with Gasteiger partial charge in [-0.2, -0.15) is 0 Å². The van der Waals surface area contributed by atoms with Crippen LogP contribution in [0.3, 0.4) is 0 Å². The number of rotatable bonds is 6. The van der Waals surface area contributed by atoms with Gasteiger partial charge >= 0.3 is 0 Å². The van der Waals surface area contributed by atoms with E-state index in [0.717, 1.165) is 10.4 Å². The van der Waals surface area contributed by atoms with Gasteiger partial charge in [0.15, 0.2) is 0 Å². The molecule has 1 saturated heterocycles. The van der Waals surface area contributed by atoms with Crippen molar-refractivity contribution in [3.8, 4) is 0 Å². The molecule has 0 radical (unpaired) electrons. The fraction of sp³-hybridized carbons (Fsp3) is 0.421. The molecule has 4 nitrogen and oxygen atoms in total. The van der Waals surface area contributed by atoms with Gasteiger partial charge in [-0.25, -0.2) is 0 Å². The minimum atomic E-state index is -0.521. The first kappa shape index (κ1) is 17.1. The zero-order chi connectivity index (χ0) is 16.8. The quantitative estimate of drug-likeness (QED) is 0.846. The van der Waals surface area contributed by atoms with E-state index in [9.17, 15) is 9.90 Å².